The summed E-state index contributed by atoms with van der Waals surface area (Å²) in [7, 11) is -2.27. The van der Waals surface area contributed by atoms with Crippen molar-refractivity contribution in [2.45, 2.75) is 24.7 Å². The maximum absolute atomic E-state index is 12.9. The second-order valence-corrected chi connectivity index (χ2v) is 9.75. The summed E-state index contributed by atoms with van der Waals surface area (Å²) in [6.07, 6.45) is 1.07. The summed E-state index contributed by atoms with van der Waals surface area (Å²) in [5, 5.41) is 0. The number of piperidine rings is 1. The van der Waals surface area contributed by atoms with Crippen molar-refractivity contribution >= 4 is 33.5 Å². The number of amides is 2. The maximum Gasteiger partial charge on any atom is 0.309 e. The molecule has 0 bridgehead atoms. The van der Waals surface area contributed by atoms with Crippen LogP contribution >= 0.6 is 0 Å². The van der Waals surface area contributed by atoms with Gasteiger partial charge in [-0.2, -0.15) is 0 Å². The summed E-state index contributed by atoms with van der Waals surface area (Å²) in [5.41, 5.74) is 0.500. The second kappa shape index (κ2) is 11.1. The van der Waals surface area contributed by atoms with Crippen LogP contribution in [0.5, 0.6) is 0 Å². The fraction of sp³-hybridized carbons (Fsp3) is 0.375. The minimum atomic E-state index is -3.79. The standard InChI is InChI=1S/C24H29N3O6S/c1-3-33-24(30)18-12-14-27(15-13-18)22(28)17-26(2)23(29)19-8-7-9-20(16-19)25-34(31,32)21-10-5-4-6-11-21/h4-11,16,18,25H,3,12-15,17H2,1-2H3. The largest absolute Gasteiger partial charge is 0.466 e. The van der Waals surface area contributed by atoms with E-state index < -0.39 is 15.9 Å². The molecule has 0 unspecified atom stereocenters. The SMILES string of the molecule is CCOC(=O)C1CCN(C(=O)CN(C)C(=O)c2cccc(NS(=O)(=O)c3ccccc3)c2)CC1. The van der Waals surface area contributed by atoms with Crippen LogP contribution in [0.2, 0.25) is 0 Å². The molecule has 0 saturated carbocycles. The van der Waals surface area contributed by atoms with Gasteiger partial charge in [-0.15, -0.1) is 0 Å². The first-order valence-corrected chi connectivity index (χ1v) is 12.6. The van der Waals surface area contributed by atoms with Gasteiger partial charge in [0, 0.05) is 31.4 Å². The van der Waals surface area contributed by atoms with Crippen LogP contribution in [0.25, 0.3) is 0 Å². The zero-order chi connectivity index (χ0) is 24.7. The predicted octanol–water partition coefficient (Wildman–Crippen LogP) is 2.36. The number of anilines is 1. The number of carbonyl (C=O) groups is 3. The van der Waals surface area contributed by atoms with E-state index in [9.17, 15) is 22.8 Å². The molecule has 0 spiro atoms. The van der Waals surface area contributed by atoms with Crippen LogP contribution < -0.4 is 4.72 Å². The molecule has 34 heavy (non-hydrogen) atoms. The molecule has 0 aliphatic carbocycles. The number of nitrogens with zero attached hydrogens (tertiary/aromatic N) is 2. The van der Waals surface area contributed by atoms with Gasteiger partial charge in [0.1, 0.15) is 0 Å². The third-order valence-electron chi connectivity index (χ3n) is 5.60. The maximum atomic E-state index is 12.9. The highest BCUT2D eigenvalue weighted by molar-refractivity contribution is 7.92. The number of likely N-dealkylation sites (tertiary alicyclic amines) is 1. The molecule has 1 heterocycles. The highest BCUT2D eigenvalue weighted by Gasteiger charge is 2.29. The number of esters is 1. The quantitative estimate of drug-likeness (QED) is 0.572. The highest BCUT2D eigenvalue weighted by atomic mass is 32.2. The van der Waals surface area contributed by atoms with Gasteiger partial charge in [0.05, 0.1) is 24.0 Å². The third-order valence-corrected chi connectivity index (χ3v) is 7.00. The Morgan fingerprint density at radius 1 is 1.06 bits per heavy atom. The molecule has 2 aromatic carbocycles. The van der Waals surface area contributed by atoms with Crippen molar-refractivity contribution < 1.29 is 27.5 Å². The van der Waals surface area contributed by atoms with Crippen molar-refractivity contribution in [1.29, 1.82) is 0 Å². The van der Waals surface area contributed by atoms with Gasteiger partial charge in [0.25, 0.3) is 15.9 Å². The topological polar surface area (TPSA) is 113 Å². The van der Waals surface area contributed by atoms with E-state index in [0.717, 1.165) is 0 Å². The molecule has 1 aliphatic heterocycles. The van der Waals surface area contributed by atoms with Crippen molar-refractivity contribution in [3.8, 4) is 0 Å². The summed E-state index contributed by atoms with van der Waals surface area (Å²) < 4.78 is 32.6. The van der Waals surface area contributed by atoms with E-state index in [4.69, 9.17) is 4.74 Å². The van der Waals surface area contributed by atoms with Gasteiger partial charge in [-0.3, -0.25) is 19.1 Å². The van der Waals surface area contributed by atoms with E-state index in [-0.39, 0.29) is 40.5 Å². The number of carbonyl (C=O) groups excluding carboxylic acids is 3. The van der Waals surface area contributed by atoms with Gasteiger partial charge in [-0.1, -0.05) is 24.3 Å². The van der Waals surface area contributed by atoms with Gasteiger partial charge in [-0.05, 0) is 50.1 Å². The molecule has 1 N–H and O–H groups in total. The van der Waals surface area contributed by atoms with Crippen molar-refractivity contribution in [3.05, 3.63) is 60.2 Å². The van der Waals surface area contributed by atoms with Crippen LogP contribution in [-0.2, 0) is 24.3 Å². The van der Waals surface area contributed by atoms with Crippen molar-refractivity contribution in [2.24, 2.45) is 5.92 Å². The van der Waals surface area contributed by atoms with Gasteiger partial charge < -0.3 is 14.5 Å². The molecule has 0 atom stereocenters. The zero-order valence-corrected chi connectivity index (χ0v) is 20.1. The van der Waals surface area contributed by atoms with Crippen LogP contribution in [0.1, 0.15) is 30.1 Å². The normalized spacial score (nSPS) is 14.4. The second-order valence-electron chi connectivity index (χ2n) is 8.07. The predicted molar refractivity (Wildman–Crippen MR) is 127 cm³/mol. The van der Waals surface area contributed by atoms with Gasteiger partial charge in [0.15, 0.2) is 0 Å². The van der Waals surface area contributed by atoms with Crippen LogP contribution in [0.3, 0.4) is 0 Å². The van der Waals surface area contributed by atoms with Gasteiger partial charge in [-0.25, -0.2) is 8.42 Å². The average molecular weight is 488 g/mol. The van der Waals surface area contributed by atoms with Crippen molar-refractivity contribution in [2.75, 3.05) is 38.0 Å². The van der Waals surface area contributed by atoms with E-state index >= 15 is 0 Å². The monoisotopic (exact) mass is 487 g/mol. The first-order valence-electron chi connectivity index (χ1n) is 11.1. The van der Waals surface area contributed by atoms with E-state index in [2.05, 4.69) is 4.72 Å². The molecule has 2 aromatic rings. The Morgan fingerprint density at radius 2 is 1.74 bits per heavy atom. The molecule has 1 aliphatic rings. The summed E-state index contributed by atoms with van der Waals surface area (Å²) in [6.45, 7) is 2.84. The molecular weight excluding hydrogens is 458 g/mol. The van der Waals surface area contributed by atoms with Gasteiger partial charge >= 0.3 is 5.97 Å². The minimum Gasteiger partial charge on any atom is -0.466 e. The lowest BCUT2D eigenvalue weighted by molar-refractivity contribution is -0.151. The molecule has 2 amide bonds. The highest BCUT2D eigenvalue weighted by Crippen LogP contribution is 2.20. The lowest BCUT2D eigenvalue weighted by Gasteiger charge is -2.32. The molecular formula is C24H29N3O6S. The molecule has 10 heteroatoms. The van der Waals surface area contributed by atoms with E-state index in [0.29, 0.717) is 32.5 Å². The van der Waals surface area contributed by atoms with Crippen LogP contribution in [0.4, 0.5) is 5.69 Å². The molecule has 1 saturated heterocycles. The Kier molecular flexibility index (Phi) is 8.27. The Labute approximate surface area is 199 Å². The number of hydrogen-bond acceptors (Lipinski definition) is 6. The van der Waals surface area contributed by atoms with E-state index in [1.54, 1.807) is 48.2 Å². The first-order chi connectivity index (χ1) is 16.2. The Bertz CT molecular complexity index is 1130. The minimum absolute atomic E-state index is 0.112. The third kappa shape index (κ3) is 6.34. The van der Waals surface area contributed by atoms with E-state index in [1.165, 1.54) is 30.1 Å². The number of rotatable bonds is 8. The smallest absolute Gasteiger partial charge is 0.309 e. The molecule has 1 fully saturated rings. The summed E-state index contributed by atoms with van der Waals surface area (Å²) >= 11 is 0. The summed E-state index contributed by atoms with van der Waals surface area (Å²) in [6, 6.07) is 14.1. The number of benzene rings is 2. The van der Waals surface area contributed by atoms with Crippen LogP contribution in [-0.4, -0.2) is 69.3 Å². The molecule has 9 nitrogen and oxygen atoms in total. The number of hydrogen-bond donors (Lipinski definition) is 1. The van der Waals surface area contributed by atoms with Crippen LogP contribution in [0.15, 0.2) is 59.5 Å². The van der Waals surface area contributed by atoms with Gasteiger partial charge in [0.2, 0.25) is 5.91 Å². The number of ether oxygens (including phenoxy) is 1. The van der Waals surface area contributed by atoms with E-state index in [1.807, 2.05) is 0 Å². The number of sulfonamides is 1. The molecule has 0 aromatic heterocycles. The summed E-state index contributed by atoms with van der Waals surface area (Å²) in [4.78, 5) is 40.5. The Hall–Kier alpha value is -3.40. The lowest BCUT2D eigenvalue weighted by Crippen LogP contribution is -2.45. The van der Waals surface area contributed by atoms with Crippen LogP contribution in [0, 0.1) is 5.92 Å². The summed E-state index contributed by atoms with van der Waals surface area (Å²) in [5.74, 6) is -1.05. The van der Waals surface area contributed by atoms with Crippen molar-refractivity contribution in [1.82, 2.24) is 9.80 Å². The zero-order valence-electron chi connectivity index (χ0n) is 19.3. The number of likely N-dealkylation sites (N-methyl/N-ethyl adjacent to an activating group) is 1. The Morgan fingerprint density at radius 3 is 2.38 bits per heavy atom. The molecule has 182 valence electrons. The fourth-order valence-corrected chi connectivity index (χ4v) is 4.82. The Balaban J connectivity index is 1.58. The molecule has 3 rings (SSSR count). The van der Waals surface area contributed by atoms with Crippen molar-refractivity contribution in [3.63, 3.8) is 0 Å². The average Bonchev–Trinajstić information content (AvgIpc) is 2.84. The number of nitrogens with one attached hydrogen (secondary N) is 1. The molecule has 0 radical (unpaired) electrons. The first kappa shape index (κ1) is 25.2. The fourth-order valence-electron chi connectivity index (χ4n) is 3.75. The lowest BCUT2D eigenvalue weighted by atomic mass is 9.97.